The van der Waals surface area contributed by atoms with Crippen LogP contribution in [-0.4, -0.2) is 55.4 Å². The van der Waals surface area contributed by atoms with Gasteiger partial charge in [-0.3, -0.25) is 14.2 Å². The van der Waals surface area contributed by atoms with E-state index in [0.717, 1.165) is 11.3 Å². The number of rotatable bonds is 4. The minimum absolute atomic E-state index is 0.0225. The Kier molecular flexibility index (Phi) is 5.19. The summed E-state index contributed by atoms with van der Waals surface area (Å²) >= 11 is 0. The summed E-state index contributed by atoms with van der Waals surface area (Å²) in [5.74, 6) is 0.0225. The van der Waals surface area contributed by atoms with Gasteiger partial charge in [0.25, 0.3) is 5.56 Å². The van der Waals surface area contributed by atoms with Crippen LogP contribution in [0.15, 0.2) is 41.6 Å². The lowest BCUT2D eigenvalue weighted by atomic mass is 10.2. The highest BCUT2D eigenvalue weighted by Crippen LogP contribution is 2.15. The van der Waals surface area contributed by atoms with Crippen LogP contribution in [0.5, 0.6) is 0 Å². The fourth-order valence-corrected chi connectivity index (χ4v) is 3.74. The average Bonchev–Trinajstić information content (AvgIpc) is 3.12. The van der Waals surface area contributed by atoms with E-state index in [2.05, 4.69) is 10.1 Å². The van der Waals surface area contributed by atoms with Crippen LogP contribution in [0.2, 0.25) is 0 Å². The lowest BCUT2D eigenvalue weighted by molar-refractivity contribution is -0.143. The molecule has 1 aliphatic heterocycles. The molecule has 0 saturated carbocycles. The van der Waals surface area contributed by atoms with Gasteiger partial charge in [-0.05, 0) is 32.9 Å². The largest absolute Gasteiger partial charge is 0.372 e. The molecule has 1 saturated heterocycles. The van der Waals surface area contributed by atoms with Crippen molar-refractivity contribution < 1.29 is 9.53 Å². The Balaban J connectivity index is 1.52. The third-order valence-corrected chi connectivity index (χ3v) is 5.17. The molecule has 0 bridgehead atoms. The predicted molar refractivity (Wildman–Crippen MR) is 109 cm³/mol. The van der Waals surface area contributed by atoms with Gasteiger partial charge in [0.15, 0.2) is 5.65 Å². The highest BCUT2D eigenvalue weighted by Gasteiger charge is 2.25. The van der Waals surface area contributed by atoms with E-state index >= 15 is 0 Å². The standard InChI is InChI=1S/C21H25N5O3/c1-14-4-6-17(7-5-14)26-20-18(10-23-26)21(28)24(13-22-20)9-8-19(27)25-11-15(2)29-16(3)12-25/h4-7,10,13,15-16H,8-9,11-12H2,1-3H3. The number of benzene rings is 1. The molecule has 2 atom stereocenters. The fourth-order valence-electron chi connectivity index (χ4n) is 3.74. The van der Waals surface area contributed by atoms with Crippen LogP contribution in [0.3, 0.4) is 0 Å². The maximum atomic E-state index is 12.8. The quantitative estimate of drug-likeness (QED) is 0.674. The molecule has 3 aromatic rings. The zero-order valence-electron chi connectivity index (χ0n) is 16.9. The van der Waals surface area contributed by atoms with Crippen LogP contribution in [0.4, 0.5) is 0 Å². The predicted octanol–water partition coefficient (Wildman–Crippen LogP) is 1.92. The van der Waals surface area contributed by atoms with Gasteiger partial charge >= 0.3 is 0 Å². The van der Waals surface area contributed by atoms with E-state index in [1.807, 2.05) is 49.9 Å². The molecule has 3 heterocycles. The highest BCUT2D eigenvalue weighted by molar-refractivity contribution is 5.77. The third-order valence-electron chi connectivity index (χ3n) is 5.17. The number of carbonyl (C=O) groups excluding carboxylic acids is 1. The van der Waals surface area contributed by atoms with Crippen molar-refractivity contribution in [1.29, 1.82) is 0 Å². The maximum absolute atomic E-state index is 12.8. The van der Waals surface area contributed by atoms with E-state index in [9.17, 15) is 9.59 Å². The summed E-state index contributed by atoms with van der Waals surface area (Å²) in [5, 5.41) is 4.77. The Morgan fingerprint density at radius 1 is 1.17 bits per heavy atom. The number of nitrogens with zero attached hydrogens (tertiary/aromatic N) is 5. The third kappa shape index (κ3) is 3.93. The Hall–Kier alpha value is -3.00. The van der Waals surface area contributed by atoms with E-state index in [0.29, 0.717) is 24.1 Å². The Labute approximate surface area is 168 Å². The number of carbonyl (C=O) groups is 1. The lowest BCUT2D eigenvalue weighted by Gasteiger charge is -2.35. The monoisotopic (exact) mass is 395 g/mol. The molecule has 29 heavy (non-hydrogen) atoms. The maximum Gasteiger partial charge on any atom is 0.264 e. The number of hydrogen-bond donors (Lipinski definition) is 0. The van der Waals surface area contributed by atoms with E-state index in [1.54, 1.807) is 4.68 Å². The van der Waals surface area contributed by atoms with E-state index < -0.39 is 0 Å². The van der Waals surface area contributed by atoms with Crippen molar-refractivity contribution in [3.05, 3.63) is 52.7 Å². The minimum atomic E-state index is -0.190. The minimum Gasteiger partial charge on any atom is -0.372 e. The summed E-state index contributed by atoms with van der Waals surface area (Å²) in [5.41, 5.74) is 2.32. The Morgan fingerprint density at radius 2 is 1.86 bits per heavy atom. The number of morpholine rings is 1. The molecule has 4 rings (SSSR count). The van der Waals surface area contributed by atoms with Crippen molar-refractivity contribution in [2.45, 2.75) is 45.9 Å². The number of ether oxygens (including phenoxy) is 1. The molecule has 0 radical (unpaired) electrons. The molecule has 1 aromatic carbocycles. The van der Waals surface area contributed by atoms with Gasteiger partial charge in [0.1, 0.15) is 5.39 Å². The molecule has 0 spiro atoms. The van der Waals surface area contributed by atoms with Gasteiger partial charge in [0.2, 0.25) is 5.91 Å². The lowest BCUT2D eigenvalue weighted by Crippen LogP contribution is -2.48. The molecule has 1 aliphatic rings. The zero-order chi connectivity index (χ0) is 20.5. The van der Waals surface area contributed by atoms with Crippen molar-refractivity contribution in [2.24, 2.45) is 0 Å². The Bertz CT molecular complexity index is 1080. The molecule has 0 aliphatic carbocycles. The number of hydrogen-bond acceptors (Lipinski definition) is 5. The van der Waals surface area contributed by atoms with Crippen LogP contribution < -0.4 is 5.56 Å². The second-order valence-electron chi connectivity index (χ2n) is 7.68. The zero-order valence-corrected chi connectivity index (χ0v) is 16.9. The molecule has 2 aromatic heterocycles. The first-order valence-corrected chi connectivity index (χ1v) is 9.86. The molecule has 8 nitrogen and oxygen atoms in total. The SMILES string of the molecule is Cc1ccc(-n2ncc3c(=O)n(CCC(=O)N4CC(C)OC(C)C4)cnc32)cc1. The summed E-state index contributed by atoms with van der Waals surface area (Å²) in [6.45, 7) is 7.39. The first-order chi connectivity index (χ1) is 13.9. The van der Waals surface area contributed by atoms with Crippen LogP contribution in [0.25, 0.3) is 16.7 Å². The first kappa shape index (κ1) is 19.3. The van der Waals surface area contributed by atoms with Crippen LogP contribution in [0.1, 0.15) is 25.8 Å². The number of amides is 1. The molecule has 8 heteroatoms. The summed E-state index contributed by atoms with van der Waals surface area (Å²) in [6, 6.07) is 7.86. The summed E-state index contributed by atoms with van der Waals surface area (Å²) in [6.07, 6.45) is 3.33. The highest BCUT2D eigenvalue weighted by atomic mass is 16.5. The Morgan fingerprint density at radius 3 is 2.55 bits per heavy atom. The van der Waals surface area contributed by atoms with Gasteiger partial charge in [0, 0.05) is 26.1 Å². The number of fused-ring (bicyclic) bond motifs is 1. The number of aromatic nitrogens is 4. The van der Waals surface area contributed by atoms with E-state index in [4.69, 9.17) is 4.74 Å². The van der Waals surface area contributed by atoms with Gasteiger partial charge in [-0.15, -0.1) is 0 Å². The van der Waals surface area contributed by atoms with Gasteiger partial charge in [-0.1, -0.05) is 17.7 Å². The van der Waals surface area contributed by atoms with Crippen molar-refractivity contribution in [3.63, 3.8) is 0 Å². The van der Waals surface area contributed by atoms with E-state index in [1.165, 1.54) is 17.1 Å². The van der Waals surface area contributed by atoms with E-state index in [-0.39, 0.29) is 36.6 Å². The molecular weight excluding hydrogens is 370 g/mol. The van der Waals surface area contributed by atoms with Gasteiger partial charge in [0.05, 0.1) is 30.4 Å². The molecule has 1 fully saturated rings. The molecular formula is C21H25N5O3. The van der Waals surface area contributed by atoms with Crippen LogP contribution >= 0.6 is 0 Å². The second kappa shape index (κ2) is 7.79. The molecule has 2 unspecified atom stereocenters. The first-order valence-electron chi connectivity index (χ1n) is 9.86. The topological polar surface area (TPSA) is 82.2 Å². The van der Waals surface area contributed by atoms with Crippen molar-refractivity contribution >= 4 is 16.9 Å². The summed E-state index contributed by atoms with van der Waals surface area (Å²) in [4.78, 5) is 31.7. The van der Waals surface area contributed by atoms with Crippen LogP contribution in [0, 0.1) is 6.92 Å². The molecule has 0 N–H and O–H groups in total. The smallest absolute Gasteiger partial charge is 0.264 e. The van der Waals surface area contributed by atoms with Crippen molar-refractivity contribution in [1.82, 2.24) is 24.2 Å². The van der Waals surface area contributed by atoms with Crippen molar-refractivity contribution in [3.8, 4) is 5.69 Å². The number of aryl methyl sites for hydroxylation is 2. The average molecular weight is 395 g/mol. The van der Waals surface area contributed by atoms with Crippen LogP contribution in [-0.2, 0) is 16.1 Å². The van der Waals surface area contributed by atoms with Gasteiger partial charge in [-0.25, -0.2) is 9.67 Å². The second-order valence-corrected chi connectivity index (χ2v) is 7.68. The van der Waals surface area contributed by atoms with Gasteiger partial charge in [-0.2, -0.15) is 5.10 Å². The summed E-state index contributed by atoms with van der Waals surface area (Å²) < 4.78 is 8.81. The molecule has 152 valence electrons. The van der Waals surface area contributed by atoms with Gasteiger partial charge < -0.3 is 9.64 Å². The fraction of sp³-hybridized carbons (Fsp3) is 0.429. The normalized spacial score (nSPS) is 19.6. The molecule has 1 amide bonds. The van der Waals surface area contributed by atoms with Crippen molar-refractivity contribution in [2.75, 3.05) is 13.1 Å². The summed E-state index contributed by atoms with van der Waals surface area (Å²) in [7, 11) is 0.